The van der Waals surface area contributed by atoms with Crippen molar-refractivity contribution in [2.24, 2.45) is 0 Å². The minimum Gasteiger partial charge on any atom is -0.340 e. The number of pyridine rings is 1. The zero-order valence-corrected chi connectivity index (χ0v) is 15.8. The fraction of sp³-hybridized carbons (Fsp3) is 0.0400. The molecule has 0 radical (unpaired) electrons. The molecule has 0 aliphatic carbocycles. The van der Waals surface area contributed by atoms with Crippen molar-refractivity contribution in [1.82, 2.24) is 4.98 Å². The van der Waals surface area contributed by atoms with Gasteiger partial charge in [-0.2, -0.15) is 0 Å². The molecule has 142 valence electrons. The van der Waals surface area contributed by atoms with Crippen molar-refractivity contribution < 1.29 is 4.79 Å². The zero-order chi connectivity index (χ0) is 19.9. The van der Waals surface area contributed by atoms with E-state index in [2.05, 4.69) is 15.6 Å². The van der Waals surface area contributed by atoms with Crippen LogP contribution >= 0.6 is 0 Å². The van der Waals surface area contributed by atoms with Crippen molar-refractivity contribution in [3.8, 4) is 0 Å². The lowest BCUT2D eigenvalue weighted by Gasteiger charge is -2.18. The topological polar surface area (TPSA) is 54.0 Å². The lowest BCUT2D eigenvalue weighted by atomic mass is 9.90. The summed E-state index contributed by atoms with van der Waals surface area (Å²) in [6.45, 7) is 0. The number of hydrogen-bond donors (Lipinski definition) is 2. The molecule has 1 heterocycles. The third-order valence-electron chi connectivity index (χ3n) is 4.61. The van der Waals surface area contributed by atoms with Gasteiger partial charge in [0.15, 0.2) is 0 Å². The number of nitrogens with zero attached hydrogens (tertiary/aromatic N) is 1. The van der Waals surface area contributed by atoms with Crippen LogP contribution in [0.1, 0.15) is 17.0 Å². The number of carbonyl (C=O) groups is 1. The second kappa shape index (κ2) is 8.85. The molecule has 4 nitrogen and oxygen atoms in total. The maximum atomic E-state index is 13.1. The standard InChI is InChI=1S/C25H21N3O/c29-25(24(19-10-4-1-5-11-19)20-12-6-2-7-13-20)28-22-16-17-23(26-18-22)27-21-14-8-3-9-15-21/h1-18,24H,(H,26,27)(H,28,29). The van der Waals surface area contributed by atoms with Crippen LogP contribution < -0.4 is 10.6 Å². The second-order valence-electron chi connectivity index (χ2n) is 6.67. The molecule has 0 aliphatic rings. The monoisotopic (exact) mass is 379 g/mol. The molecule has 3 aromatic carbocycles. The maximum absolute atomic E-state index is 13.1. The molecule has 2 N–H and O–H groups in total. The average molecular weight is 379 g/mol. The Kier molecular flexibility index (Phi) is 5.63. The van der Waals surface area contributed by atoms with E-state index in [4.69, 9.17) is 0 Å². The molecule has 1 amide bonds. The van der Waals surface area contributed by atoms with Gasteiger partial charge in [-0.05, 0) is 35.4 Å². The van der Waals surface area contributed by atoms with Gasteiger partial charge in [-0.25, -0.2) is 4.98 Å². The first kappa shape index (κ1) is 18.4. The van der Waals surface area contributed by atoms with Crippen LogP contribution in [0.25, 0.3) is 0 Å². The summed E-state index contributed by atoms with van der Waals surface area (Å²) in [6.07, 6.45) is 1.66. The normalized spacial score (nSPS) is 10.5. The van der Waals surface area contributed by atoms with E-state index in [1.165, 1.54) is 0 Å². The summed E-state index contributed by atoms with van der Waals surface area (Å²) in [7, 11) is 0. The average Bonchev–Trinajstić information content (AvgIpc) is 2.78. The van der Waals surface area contributed by atoms with Crippen molar-refractivity contribution >= 4 is 23.1 Å². The van der Waals surface area contributed by atoms with E-state index < -0.39 is 0 Å². The van der Waals surface area contributed by atoms with Crippen LogP contribution in [0.15, 0.2) is 109 Å². The van der Waals surface area contributed by atoms with E-state index in [0.717, 1.165) is 22.6 Å². The molecule has 0 bridgehead atoms. The highest BCUT2D eigenvalue weighted by Gasteiger charge is 2.22. The highest BCUT2D eigenvalue weighted by Crippen LogP contribution is 2.26. The molecule has 0 unspecified atom stereocenters. The minimum atomic E-state index is -0.389. The molecule has 0 atom stereocenters. The van der Waals surface area contributed by atoms with Crippen molar-refractivity contribution in [2.45, 2.75) is 5.92 Å². The molecule has 4 heteroatoms. The van der Waals surface area contributed by atoms with E-state index in [0.29, 0.717) is 5.69 Å². The first-order valence-corrected chi connectivity index (χ1v) is 9.48. The summed E-state index contributed by atoms with van der Waals surface area (Å²) < 4.78 is 0. The largest absolute Gasteiger partial charge is 0.340 e. The Balaban J connectivity index is 1.52. The summed E-state index contributed by atoms with van der Waals surface area (Å²) in [6, 6.07) is 33.1. The Morgan fingerprint density at radius 2 is 1.21 bits per heavy atom. The quantitative estimate of drug-likeness (QED) is 0.459. The summed E-state index contributed by atoms with van der Waals surface area (Å²) in [5.41, 5.74) is 3.52. The Hall–Kier alpha value is -3.92. The number of amides is 1. The van der Waals surface area contributed by atoms with E-state index >= 15 is 0 Å². The van der Waals surface area contributed by atoms with Crippen molar-refractivity contribution in [2.75, 3.05) is 10.6 Å². The third-order valence-corrected chi connectivity index (χ3v) is 4.61. The number of aromatic nitrogens is 1. The minimum absolute atomic E-state index is 0.0898. The summed E-state index contributed by atoms with van der Waals surface area (Å²) in [4.78, 5) is 17.5. The summed E-state index contributed by atoms with van der Waals surface area (Å²) >= 11 is 0. The van der Waals surface area contributed by atoms with Crippen molar-refractivity contribution in [3.05, 3.63) is 120 Å². The molecule has 0 spiro atoms. The van der Waals surface area contributed by atoms with Gasteiger partial charge in [-0.15, -0.1) is 0 Å². The van der Waals surface area contributed by atoms with Crippen molar-refractivity contribution in [3.63, 3.8) is 0 Å². The van der Waals surface area contributed by atoms with Crippen molar-refractivity contribution in [1.29, 1.82) is 0 Å². The van der Waals surface area contributed by atoms with Crippen LogP contribution in [0.3, 0.4) is 0 Å². The van der Waals surface area contributed by atoms with Crippen LogP contribution in [0.2, 0.25) is 0 Å². The molecule has 4 rings (SSSR count). The fourth-order valence-corrected chi connectivity index (χ4v) is 3.21. The number of hydrogen-bond acceptors (Lipinski definition) is 3. The van der Waals surface area contributed by atoms with Crippen LogP contribution in [0.4, 0.5) is 17.2 Å². The van der Waals surface area contributed by atoms with Gasteiger partial charge < -0.3 is 10.6 Å². The number of carbonyl (C=O) groups excluding carboxylic acids is 1. The predicted molar refractivity (Wildman–Crippen MR) is 117 cm³/mol. The molecule has 0 fully saturated rings. The molecule has 29 heavy (non-hydrogen) atoms. The van der Waals surface area contributed by atoms with Gasteiger partial charge in [0, 0.05) is 5.69 Å². The van der Waals surface area contributed by atoms with Gasteiger partial charge in [0.05, 0.1) is 17.8 Å². The Labute approximate surface area is 170 Å². The van der Waals surface area contributed by atoms with Gasteiger partial charge in [0.25, 0.3) is 0 Å². The predicted octanol–water partition coefficient (Wildman–Crippen LogP) is 5.60. The second-order valence-corrected chi connectivity index (χ2v) is 6.67. The maximum Gasteiger partial charge on any atom is 0.236 e. The number of benzene rings is 3. The zero-order valence-electron chi connectivity index (χ0n) is 15.8. The van der Waals surface area contributed by atoms with E-state index in [9.17, 15) is 4.79 Å². The van der Waals surface area contributed by atoms with Gasteiger partial charge in [0.1, 0.15) is 5.82 Å². The van der Waals surface area contributed by atoms with Gasteiger partial charge >= 0.3 is 0 Å². The molecule has 4 aromatic rings. The number of anilines is 3. The SMILES string of the molecule is O=C(Nc1ccc(Nc2ccccc2)nc1)C(c1ccccc1)c1ccccc1. The first-order valence-electron chi connectivity index (χ1n) is 9.48. The molecular formula is C25H21N3O. The Morgan fingerprint density at radius 1 is 0.655 bits per heavy atom. The van der Waals surface area contributed by atoms with E-state index in [1.807, 2.05) is 103 Å². The molecular weight excluding hydrogens is 358 g/mol. The highest BCUT2D eigenvalue weighted by molar-refractivity contribution is 5.98. The van der Waals surface area contributed by atoms with Gasteiger partial charge in [-0.3, -0.25) is 4.79 Å². The fourth-order valence-electron chi connectivity index (χ4n) is 3.21. The van der Waals surface area contributed by atoms with E-state index in [-0.39, 0.29) is 11.8 Å². The summed E-state index contributed by atoms with van der Waals surface area (Å²) in [5, 5.41) is 6.24. The van der Waals surface area contributed by atoms with Gasteiger partial charge in [0.2, 0.25) is 5.91 Å². The van der Waals surface area contributed by atoms with Crippen LogP contribution in [-0.2, 0) is 4.79 Å². The molecule has 1 aromatic heterocycles. The molecule has 0 saturated carbocycles. The Bertz CT molecular complexity index is 1010. The van der Waals surface area contributed by atoms with E-state index in [1.54, 1.807) is 6.20 Å². The van der Waals surface area contributed by atoms with Crippen LogP contribution in [0, 0.1) is 0 Å². The number of rotatable bonds is 6. The smallest absolute Gasteiger partial charge is 0.236 e. The molecule has 0 saturated heterocycles. The Morgan fingerprint density at radius 3 is 1.72 bits per heavy atom. The third kappa shape index (κ3) is 4.68. The first-order chi connectivity index (χ1) is 14.3. The lowest BCUT2D eigenvalue weighted by Crippen LogP contribution is -2.22. The number of para-hydroxylation sites is 1. The number of nitrogens with one attached hydrogen (secondary N) is 2. The van der Waals surface area contributed by atoms with Crippen LogP contribution in [-0.4, -0.2) is 10.9 Å². The lowest BCUT2D eigenvalue weighted by molar-refractivity contribution is -0.116. The van der Waals surface area contributed by atoms with Crippen LogP contribution in [0.5, 0.6) is 0 Å². The highest BCUT2D eigenvalue weighted by atomic mass is 16.1. The molecule has 0 aliphatic heterocycles. The summed E-state index contributed by atoms with van der Waals surface area (Å²) in [5.74, 6) is 0.240. The van der Waals surface area contributed by atoms with Gasteiger partial charge in [-0.1, -0.05) is 78.9 Å².